The van der Waals surface area contributed by atoms with Crippen LogP contribution in [0.4, 0.5) is 0 Å². The van der Waals surface area contributed by atoms with Gasteiger partial charge in [-0.25, -0.2) is 0 Å². The number of likely N-dealkylation sites (N-methyl/N-ethyl adjacent to an activating group) is 1. The summed E-state index contributed by atoms with van der Waals surface area (Å²) >= 11 is 0. The summed E-state index contributed by atoms with van der Waals surface area (Å²) in [7, 11) is 1.84. The van der Waals surface area contributed by atoms with E-state index in [2.05, 4.69) is 37.2 Å². The molecule has 0 radical (unpaired) electrons. The minimum atomic E-state index is 0.330. The number of amides is 1. The van der Waals surface area contributed by atoms with Gasteiger partial charge in [0.05, 0.1) is 0 Å². The molecule has 1 amide bonds. The van der Waals surface area contributed by atoms with Crippen LogP contribution in [0.5, 0.6) is 0 Å². The Kier molecular flexibility index (Phi) is 7.76. The molecule has 1 aliphatic carbocycles. The second-order valence-electron chi connectivity index (χ2n) is 8.10. The van der Waals surface area contributed by atoms with Crippen molar-refractivity contribution >= 4 is 11.9 Å². The van der Waals surface area contributed by atoms with Gasteiger partial charge in [-0.05, 0) is 38.8 Å². The Morgan fingerprint density at radius 1 is 1.04 bits per heavy atom. The summed E-state index contributed by atoms with van der Waals surface area (Å²) in [6.45, 7) is 11.2. The first-order valence-corrected chi connectivity index (χ1v) is 10.9. The van der Waals surface area contributed by atoms with Crippen molar-refractivity contribution in [3.63, 3.8) is 0 Å². The van der Waals surface area contributed by atoms with Crippen LogP contribution in [0.2, 0.25) is 0 Å². The van der Waals surface area contributed by atoms with E-state index in [-0.39, 0.29) is 0 Å². The summed E-state index contributed by atoms with van der Waals surface area (Å²) < 4.78 is 0. The Morgan fingerprint density at radius 3 is 2.44 bits per heavy atom. The van der Waals surface area contributed by atoms with Gasteiger partial charge in [0.15, 0.2) is 5.96 Å². The molecule has 2 N–H and O–H groups in total. The predicted octanol–water partition coefficient (Wildman–Crippen LogP) is 0.580. The van der Waals surface area contributed by atoms with Crippen molar-refractivity contribution < 1.29 is 4.79 Å². The second-order valence-corrected chi connectivity index (χ2v) is 8.10. The van der Waals surface area contributed by atoms with Gasteiger partial charge in [-0.15, -0.1) is 0 Å². The van der Waals surface area contributed by atoms with Crippen molar-refractivity contribution in [3.05, 3.63) is 0 Å². The molecule has 0 bridgehead atoms. The summed E-state index contributed by atoms with van der Waals surface area (Å²) in [5.41, 5.74) is 0. The van der Waals surface area contributed by atoms with E-state index in [0.717, 1.165) is 71.2 Å². The number of carbonyl (C=O) groups excluding carboxylic acids is 1. The summed E-state index contributed by atoms with van der Waals surface area (Å²) in [4.78, 5) is 23.8. The van der Waals surface area contributed by atoms with Crippen molar-refractivity contribution in [2.24, 2.45) is 10.9 Å². The Hall–Kier alpha value is -1.34. The molecule has 7 heteroatoms. The van der Waals surface area contributed by atoms with E-state index in [1.807, 2.05) is 7.05 Å². The number of hydrogen-bond acceptors (Lipinski definition) is 4. The number of carbonyl (C=O) groups is 1. The molecule has 1 unspecified atom stereocenters. The van der Waals surface area contributed by atoms with E-state index >= 15 is 0 Å². The molecule has 1 atom stereocenters. The number of nitrogens with zero attached hydrogens (tertiary/aromatic N) is 4. The van der Waals surface area contributed by atoms with Crippen molar-refractivity contribution in [1.29, 1.82) is 0 Å². The van der Waals surface area contributed by atoms with Gasteiger partial charge >= 0.3 is 0 Å². The van der Waals surface area contributed by atoms with Crippen LogP contribution in [0.3, 0.4) is 0 Å². The third-order valence-electron chi connectivity index (χ3n) is 6.49. The lowest BCUT2D eigenvalue weighted by atomic mass is 9.84. The smallest absolute Gasteiger partial charge is 0.225 e. The van der Waals surface area contributed by atoms with E-state index in [1.54, 1.807) is 0 Å². The number of hydrogen-bond donors (Lipinski definition) is 2. The number of aliphatic imine (C=N–C) groups is 1. The first-order chi connectivity index (χ1) is 13.2. The number of guanidine groups is 1. The normalized spacial score (nSPS) is 25.5. The molecular weight excluding hydrogens is 340 g/mol. The van der Waals surface area contributed by atoms with Gasteiger partial charge in [0, 0.05) is 64.8 Å². The van der Waals surface area contributed by atoms with Crippen LogP contribution in [0, 0.1) is 5.92 Å². The molecule has 27 heavy (non-hydrogen) atoms. The van der Waals surface area contributed by atoms with Crippen LogP contribution in [0.1, 0.15) is 39.0 Å². The van der Waals surface area contributed by atoms with Gasteiger partial charge in [0.25, 0.3) is 0 Å². The maximum atomic E-state index is 12.3. The van der Waals surface area contributed by atoms with Crippen LogP contribution in [0.15, 0.2) is 4.99 Å². The third kappa shape index (κ3) is 5.57. The molecule has 0 aromatic rings. The standard InChI is InChI=1S/C20H38N6O/c1-3-25-10-5-8-18(25)16-23-20(21-2)22-9-11-24-12-14-26(15-13-24)19(27)17-6-4-7-17/h17-18H,3-16H2,1-2H3,(H2,21,22,23). The lowest BCUT2D eigenvalue weighted by Gasteiger charge is -2.38. The maximum absolute atomic E-state index is 12.3. The molecular formula is C20H38N6O. The average molecular weight is 379 g/mol. The van der Waals surface area contributed by atoms with Crippen molar-refractivity contribution in [2.45, 2.75) is 45.1 Å². The Balaban J connectivity index is 1.29. The molecule has 3 fully saturated rings. The van der Waals surface area contributed by atoms with Gasteiger partial charge in [0.1, 0.15) is 0 Å². The van der Waals surface area contributed by atoms with Crippen LogP contribution >= 0.6 is 0 Å². The van der Waals surface area contributed by atoms with Crippen LogP contribution in [0.25, 0.3) is 0 Å². The summed E-state index contributed by atoms with van der Waals surface area (Å²) in [6.07, 6.45) is 6.02. The van der Waals surface area contributed by atoms with E-state index in [9.17, 15) is 4.79 Å². The van der Waals surface area contributed by atoms with E-state index < -0.39 is 0 Å². The number of rotatable bonds is 7. The highest BCUT2D eigenvalue weighted by molar-refractivity contribution is 5.80. The number of likely N-dealkylation sites (tertiary alicyclic amines) is 1. The van der Waals surface area contributed by atoms with E-state index in [4.69, 9.17) is 0 Å². The first-order valence-electron chi connectivity index (χ1n) is 10.9. The highest BCUT2D eigenvalue weighted by Crippen LogP contribution is 2.28. The van der Waals surface area contributed by atoms with Crippen molar-refractivity contribution in [1.82, 2.24) is 25.3 Å². The van der Waals surface area contributed by atoms with E-state index in [1.165, 1.54) is 25.8 Å². The first kappa shape index (κ1) is 20.4. The lowest BCUT2D eigenvalue weighted by Crippen LogP contribution is -2.52. The SMILES string of the molecule is CCN1CCCC1CNC(=NC)NCCN1CCN(C(=O)C2CCC2)CC1. The molecule has 2 aliphatic heterocycles. The van der Waals surface area contributed by atoms with Crippen LogP contribution in [-0.4, -0.2) is 98.6 Å². The molecule has 1 saturated carbocycles. The monoisotopic (exact) mass is 378 g/mol. The van der Waals surface area contributed by atoms with Crippen LogP contribution < -0.4 is 10.6 Å². The lowest BCUT2D eigenvalue weighted by molar-refractivity contribution is -0.139. The molecule has 0 aromatic carbocycles. The highest BCUT2D eigenvalue weighted by Gasteiger charge is 2.31. The summed E-state index contributed by atoms with van der Waals surface area (Å²) in [5.74, 6) is 1.63. The van der Waals surface area contributed by atoms with Gasteiger partial charge in [-0.3, -0.25) is 19.6 Å². The fraction of sp³-hybridized carbons (Fsp3) is 0.900. The Morgan fingerprint density at radius 2 is 1.81 bits per heavy atom. The molecule has 154 valence electrons. The quantitative estimate of drug-likeness (QED) is 0.501. The fourth-order valence-corrected chi connectivity index (χ4v) is 4.42. The Labute approximate surface area is 164 Å². The highest BCUT2D eigenvalue weighted by atomic mass is 16.2. The third-order valence-corrected chi connectivity index (χ3v) is 6.49. The number of piperazine rings is 1. The Bertz CT molecular complexity index is 499. The molecule has 0 aromatic heterocycles. The maximum Gasteiger partial charge on any atom is 0.225 e. The summed E-state index contributed by atoms with van der Waals surface area (Å²) in [5, 5.41) is 6.93. The molecule has 7 nitrogen and oxygen atoms in total. The topological polar surface area (TPSA) is 63.2 Å². The van der Waals surface area contributed by atoms with Gasteiger partial charge < -0.3 is 15.5 Å². The zero-order valence-corrected chi connectivity index (χ0v) is 17.3. The van der Waals surface area contributed by atoms with Crippen LogP contribution in [-0.2, 0) is 4.79 Å². The summed E-state index contributed by atoms with van der Waals surface area (Å²) in [6, 6.07) is 0.634. The molecule has 3 aliphatic rings. The molecule has 0 spiro atoms. The van der Waals surface area contributed by atoms with Crippen molar-refractivity contribution in [2.75, 3.05) is 66.0 Å². The minimum Gasteiger partial charge on any atom is -0.355 e. The second kappa shape index (κ2) is 10.3. The zero-order chi connectivity index (χ0) is 19.1. The van der Waals surface area contributed by atoms with Gasteiger partial charge in [-0.2, -0.15) is 0 Å². The zero-order valence-electron chi connectivity index (χ0n) is 17.3. The average Bonchev–Trinajstić information content (AvgIpc) is 3.11. The number of nitrogens with one attached hydrogen (secondary N) is 2. The molecule has 2 heterocycles. The van der Waals surface area contributed by atoms with E-state index in [0.29, 0.717) is 17.9 Å². The van der Waals surface area contributed by atoms with Gasteiger partial charge in [-0.1, -0.05) is 13.3 Å². The van der Waals surface area contributed by atoms with Crippen molar-refractivity contribution in [3.8, 4) is 0 Å². The fourth-order valence-electron chi connectivity index (χ4n) is 4.42. The molecule has 2 saturated heterocycles. The predicted molar refractivity (Wildman–Crippen MR) is 110 cm³/mol. The van der Waals surface area contributed by atoms with Gasteiger partial charge in [0.2, 0.25) is 5.91 Å². The molecule has 3 rings (SSSR count). The minimum absolute atomic E-state index is 0.330. The largest absolute Gasteiger partial charge is 0.355 e.